The van der Waals surface area contributed by atoms with Crippen molar-refractivity contribution in [2.75, 3.05) is 35.9 Å². The Morgan fingerprint density at radius 3 is 2.65 bits per heavy atom. The van der Waals surface area contributed by atoms with Gasteiger partial charge in [0.1, 0.15) is 28.1 Å². The lowest BCUT2D eigenvalue weighted by Gasteiger charge is -2.09. The average molecular weight is 303 g/mol. The van der Waals surface area contributed by atoms with Crippen LogP contribution in [0.3, 0.4) is 0 Å². The Morgan fingerprint density at radius 1 is 1.35 bits per heavy atom. The van der Waals surface area contributed by atoms with Crippen LogP contribution in [0.5, 0.6) is 0 Å². The fraction of sp³-hybridized carbons (Fsp3) is 0.636. The van der Waals surface area contributed by atoms with Crippen LogP contribution in [-0.4, -0.2) is 43.5 Å². The number of nitrogens with zero attached hydrogens (tertiary/aromatic N) is 2. The zero-order valence-electron chi connectivity index (χ0n) is 11.7. The highest BCUT2D eigenvalue weighted by Crippen LogP contribution is 2.11. The summed E-state index contributed by atoms with van der Waals surface area (Å²) in [6.07, 6.45) is 1.73. The van der Waals surface area contributed by atoms with E-state index in [9.17, 15) is 8.42 Å². The maximum Gasteiger partial charge on any atom is 0.158 e. The molecule has 8 nitrogen and oxygen atoms in total. The van der Waals surface area contributed by atoms with Gasteiger partial charge in [0, 0.05) is 25.5 Å². The first kappa shape index (κ1) is 16.6. The molecule has 1 heterocycles. The molecular formula is C11H21N5O3S. The third kappa shape index (κ3) is 6.64. The Bertz CT molecular complexity index is 521. The maximum absolute atomic E-state index is 11.0. The van der Waals surface area contributed by atoms with Crippen LogP contribution in [-0.2, 0) is 21.2 Å². The van der Waals surface area contributed by atoms with Crippen LogP contribution in [0.15, 0.2) is 6.07 Å². The minimum atomic E-state index is -2.94. The lowest BCUT2D eigenvalue weighted by atomic mass is 10.4. The summed E-state index contributed by atoms with van der Waals surface area (Å²) >= 11 is 0. The highest BCUT2D eigenvalue weighted by atomic mass is 32.2. The van der Waals surface area contributed by atoms with Crippen LogP contribution in [0.25, 0.3) is 0 Å². The number of ether oxygens (including phenoxy) is 1. The van der Waals surface area contributed by atoms with Crippen molar-refractivity contribution in [1.82, 2.24) is 9.97 Å². The lowest BCUT2D eigenvalue weighted by Crippen LogP contribution is -2.14. The molecule has 9 heteroatoms. The normalized spacial score (nSPS) is 11.3. The van der Waals surface area contributed by atoms with Gasteiger partial charge in [0.2, 0.25) is 0 Å². The Labute approximate surface area is 119 Å². The number of aromatic nitrogens is 2. The molecule has 0 spiro atoms. The molecule has 0 aliphatic rings. The van der Waals surface area contributed by atoms with E-state index in [-0.39, 0.29) is 5.75 Å². The molecule has 0 amide bonds. The van der Waals surface area contributed by atoms with E-state index in [0.29, 0.717) is 43.6 Å². The predicted molar refractivity (Wildman–Crippen MR) is 78.0 cm³/mol. The molecule has 1 rings (SSSR count). The third-order valence-corrected chi connectivity index (χ3v) is 3.38. The fourth-order valence-electron chi connectivity index (χ4n) is 1.47. The molecule has 0 radical (unpaired) electrons. The second kappa shape index (κ2) is 7.98. The van der Waals surface area contributed by atoms with Gasteiger partial charge in [-0.15, -0.1) is 0 Å². The Balaban J connectivity index is 2.59. The molecule has 20 heavy (non-hydrogen) atoms. The smallest absolute Gasteiger partial charge is 0.158 e. The van der Waals surface area contributed by atoms with Crippen LogP contribution in [0.4, 0.5) is 11.6 Å². The van der Waals surface area contributed by atoms with Crippen molar-refractivity contribution < 1.29 is 13.2 Å². The summed E-state index contributed by atoms with van der Waals surface area (Å²) in [4.78, 5) is 8.41. The largest absolute Gasteiger partial charge is 0.374 e. The minimum Gasteiger partial charge on any atom is -0.374 e. The van der Waals surface area contributed by atoms with Gasteiger partial charge in [0.05, 0.1) is 5.75 Å². The van der Waals surface area contributed by atoms with Crippen LogP contribution in [0.2, 0.25) is 0 Å². The van der Waals surface area contributed by atoms with E-state index in [4.69, 9.17) is 10.6 Å². The van der Waals surface area contributed by atoms with Gasteiger partial charge in [-0.1, -0.05) is 0 Å². The number of hydrogen-bond donors (Lipinski definition) is 3. The van der Waals surface area contributed by atoms with Gasteiger partial charge < -0.3 is 15.5 Å². The number of nitrogens with one attached hydrogen (secondary N) is 2. The van der Waals surface area contributed by atoms with Crippen LogP contribution >= 0.6 is 0 Å². The number of rotatable bonds is 9. The summed E-state index contributed by atoms with van der Waals surface area (Å²) < 4.78 is 27.3. The topological polar surface area (TPSA) is 119 Å². The summed E-state index contributed by atoms with van der Waals surface area (Å²) in [5.74, 6) is 7.04. The molecule has 0 aliphatic carbocycles. The molecule has 1 aromatic heterocycles. The van der Waals surface area contributed by atoms with Crippen LogP contribution < -0.4 is 16.6 Å². The quantitative estimate of drug-likeness (QED) is 0.335. The zero-order chi connectivity index (χ0) is 15.0. The van der Waals surface area contributed by atoms with Crippen molar-refractivity contribution in [2.45, 2.75) is 20.0 Å². The molecule has 0 aliphatic heterocycles. The number of anilines is 2. The summed E-state index contributed by atoms with van der Waals surface area (Å²) in [6.45, 7) is 3.25. The molecule has 4 N–H and O–H groups in total. The molecule has 0 saturated heterocycles. The second-order valence-electron chi connectivity index (χ2n) is 4.25. The van der Waals surface area contributed by atoms with E-state index in [2.05, 4.69) is 20.7 Å². The zero-order valence-corrected chi connectivity index (χ0v) is 12.5. The van der Waals surface area contributed by atoms with Gasteiger partial charge >= 0.3 is 0 Å². The van der Waals surface area contributed by atoms with E-state index in [1.165, 1.54) is 6.26 Å². The van der Waals surface area contributed by atoms with E-state index in [1.807, 2.05) is 6.92 Å². The average Bonchev–Trinajstić information content (AvgIpc) is 2.40. The van der Waals surface area contributed by atoms with E-state index in [1.54, 1.807) is 6.07 Å². The van der Waals surface area contributed by atoms with Crippen molar-refractivity contribution in [3.8, 4) is 0 Å². The first-order valence-corrected chi connectivity index (χ1v) is 8.34. The van der Waals surface area contributed by atoms with Gasteiger partial charge in [-0.3, -0.25) is 0 Å². The molecule has 114 valence electrons. The molecule has 0 bridgehead atoms. The van der Waals surface area contributed by atoms with Gasteiger partial charge in [-0.05, 0) is 13.3 Å². The molecule has 0 aromatic carbocycles. The van der Waals surface area contributed by atoms with Gasteiger partial charge in [-0.2, -0.15) is 0 Å². The highest BCUT2D eigenvalue weighted by molar-refractivity contribution is 7.90. The predicted octanol–water partition coefficient (Wildman–Crippen LogP) is 0.145. The second-order valence-corrected chi connectivity index (χ2v) is 6.51. The van der Waals surface area contributed by atoms with Crippen LogP contribution in [0, 0.1) is 0 Å². The molecule has 0 saturated carbocycles. The van der Waals surface area contributed by atoms with Crippen molar-refractivity contribution in [3.05, 3.63) is 11.9 Å². The first-order valence-electron chi connectivity index (χ1n) is 6.28. The van der Waals surface area contributed by atoms with Crippen molar-refractivity contribution in [2.24, 2.45) is 5.84 Å². The third-order valence-electron chi connectivity index (χ3n) is 2.35. The number of hydrazine groups is 1. The highest BCUT2D eigenvalue weighted by Gasteiger charge is 2.05. The van der Waals surface area contributed by atoms with Gasteiger partial charge in [-0.25, -0.2) is 24.2 Å². The standard InChI is InChI=1S/C11H21N5O3S/c1-3-19-8-11-14-9(7-10(15-11)16-12)13-5-4-6-20(2,17)18/h7H,3-6,8,12H2,1-2H3,(H2,13,14,15,16). The van der Waals surface area contributed by atoms with Crippen molar-refractivity contribution in [1.29, 1.82) is 0 Å². The fourth-order valence-corrected chi connectivity index (χ4v) is 2.14. The number of hydrogen-bond acceptors (Lipinski definition) is 8. The summed E-state index contributed by atoms with van der Waals surface area (Å²) in [5, 5.41) is 3.04. The van der Waals surface area contributed by atoms with E-state index >= 15 is 0 Å². The monoisotopic (exact) mass is 303 g/mol. The number of nitrogens with two attached hydrogens (primary N) is 1. The lowest BCUT2D eigenvalue weighted by molar-refractivity contribution is 0.128. The number of sulfone groups is 1. The number of nitrogen functional groups attached to an aromatic ring is 1. The SMILES string of the molecule is CCOCc1nc(NN)cc(NCCCS(C)(=O)=O)n1. The summed E-state index contributed by atoms with van der Waals surface area (Å²) in [7, 11) is -2.94. The van der Waals surface area contributed by atoms with Crippen molar-refractivity contribution >= 4 is 21.5 Å². The summed E-state index contributed by atoms with van der Waals surface area (Å²) in [6, 6.07) is 1.65. The molecule has 1 aromatic rings. The van der Waals surface area contributed by atoms with E-state index in [0.717, 1.165) is 0 Å². The molecule has 0 fully saturated rings. The molecular weight excluding hydrogens is 282 g/mol. The van der Waals surface area contributed by atoms with Gasteiger partial charge in [0.15, 0.2) is 5.82 Å². The molecule has 0 atom stereocenters. The maximum atomic E-state index is 11.0. The Morgan fingerprint density at radius 2 is 2.05 bits per heavy atom. The Kier molecular flexibility index (Phi) is 6.62. The Hall–Kier alpha value is -1.45. The van der Waals surface area contributed by atoms with E-state index < -0.39 is 9.84 Å². The minimum absolute atomic E-state index is 0.138. The van der Waals surface area contributed by atoms with Crippen molar-refractivity contribution in [3.63, 3.8) is 0 Å². The van der Waals surface area contributed by atoms with Gasteiger partial charge in [0.25, 0.3) is 0 Å². The first-order chi connectivity index (χ1) is 9.44. The summed E-state index contributed by atoms with van der Waals surface area (Å²) in [5.41, 5.74) is 2.46. The van der Waals surface area contributed by atoms with Crippen LogP contribution in [0.1, 0.15) is 19.2 Å². The molecule has 0 unspecified atom stereocenters.